The first-order chi connectivity index (χ1) is 15.7. The predicted octanol–water partition coefficient (Wildman–Crippen LogP) is 5.53. The van der Waals surface area contributed by atoms with Gasteiger partial charge in [-0.15, -0.1) is 0 Å². The summed E-state index contributed by atoms with van der Waals surface area (Å²) in [7, 11) is 0. The molecule has 6 nitrogen and oxygen atoms in total. The molecule has 0 spiro atoms. The lowest BCUT2D eigenvalue weighted by molar-refractivity contribution is 0.0273. The fourth-order valence-electron chi connectivity index (χ4n) is 4.33. The van der Waals surface area contributed by atoms with Crippen LogP contribution >= 0.6 is 23.2 Å². The zero-order valence-corrected chi connectivity index (χ0v) is 18.4. The van der Waals surface area contributed by atoms with Crippen molar-refractivity contribution in [3.8, 4) is 28.4 Å². The Hall–Kier alpha value is -2.64. The van der Waals surface area contributed by atoms with Crippen molar-refractivity contribution in [2.45, 2.75) is 24.7 Å². The molecule has 162 valence electrons. The van der Waals surface area contributed by atoms with Crippen LogP contribution in [0.1, 0.15) is 6.42 Å². The topological polar surface area (TPSA) is 69.3 Å². The summed E-state index contributed by atoms with van der Waals surface area (Å²) in [5.41, 5.74) is 4.81. The number of nitrogens with zero attached hydrogens (tertiary/aromatic N) is 2. The van der Waals surface area contributed by atoms with E-state index < -0.39 is 0 Å². The first-order valence-electron chi connectivity index (χ1n) is 10.5. The molecular formula is C24H19Cl2N3O3. The summed E-state index contributed by atoms with van der Waals surface area (Å²) in [6.45, 7) is 1.19. The molecule has 2 saturated heterocycles. The van der Waals surface area contributed by atoms with Gasteiger partial charge in [0.2, 0.25) is 0 Å². The average Bonchev–Trinajstić information content (AvgIpc) is 3.51. The molecule has 8 heteroatoms. The van der Waals surface area contributed by atoms with Gasteiger partial charge in [0.15, 0.2) is 11.8 Å². The Morgan fingerprint density at radius 3 is 2.59 bits per heavy atom. The first-order valence-corrected chi connectivity index (χ1v) is 11.2. The lowest BCUT2D eigenvalue weighted by atomic mass is 10.0. The molecule has 4 aromatic rings. The summed E-state index contributed by atoms with van der Waals surface area (Å²) in [5, 5.41) is 1.24. The number of benzene rings is 2. The molecular weight excluding hydrogens is 449 g/mol. The number of H-pyrrole nitrogens is 1. The Kier molecular flexibility index (Phi) is 5.03. The van der Waals surface area contributed by atoms with E-state index in [1.165, 1.54) is 0 Å². The predicted molar refractivity (Wildman–Crippen MR) is 123 cm³/mol. The maximum absolute atomic E-state index is 6.56. The second-order valence-corrected chi connectivity index (χ2v) is 8.76. The van der Waals surface area contributed by atoms with Crippen LogP contribution in [0.5, 0.6) is 6.01 Å². The van der Waals surface area contributed by atoms with Gasteiger partial charge in [0.1, 0.15) is 6.10 Å². The number of aromatic amines is 1. The minimum absolute atomic E-state index is 0.0491. The standard InChI is InChI=1S/C24H19Cl2N3O3/c25-16-4-2-1-3-15(16)13-5-7-14(8-6-13)21-17(26)11-18-23(28-21)29-24(27-18)32-20-12-31-19-9-10-30-22(19)20/h1-8,11,19-20,22H,9-10,12H2,(H,27,28,29)/t19-,20-,22+/m1/s1. The van der Waals surface area contributed by atoms with Crippen molar-refractivity contribution < 1.29 is 14.2 Å². The monoisotopic (exact) mass is 467 g/mol. The van der Waals surface area contributed by atoms with Crippen LogP contribution in [-0.2, 0) is 9.47 Å². The van der Waals surface area contributed by atoms with Crippen LogP contribution in [0.2, 0.25) is 10.0 Å². The second kappa shape index (κ2) is 8.05. The van der Waals surface area contributed by atoms with Crippen molar-refractivity contribution >= 4 is 34.4 Å². The van der Waals surface area contributed by atoms with Crippen LogP contribution < -0.4 is 4.74 Å². The number of nitrogens with one attached hydrogen (secondary N) is 1. The molecule has 2 fully saturated rings. The number of ether oxygens (including phenoxy) is 3. The zero-order chi connectivity index (χ0) is 21.7. The smallest absolute Gasteiger partial charge is 0.296 e. The molecule has 1 N–H and O–H groups in total. The molecule has 0 aliphatic carbocycles. The molecule has 6 rings (SSSR count). The van der Waals surface area contributed by atoms with Gasteiger partial charge in [0, 0.05) is 22.8 Å². The number of hydrogen-bond acceptors (Lipinski definition) is 5. The van der Waals surface area contributed by atoms with Crippen molar-refractivity contribution in [3.05, 3.63) is 64.6 Å². The molecule has 32 heavy (non-hydrogen) atoms. The Bertz CT molecular complexity index is 1290. The van der Waals surface area contributed by atoms with Crippen LogP contribution in [0.4, 0.5) is 0 Å². The third kappa shape index (κ3) is 3.53. The van der Waals surface area contributed by atoms with Crippen LogP contribution in [0, 0.1) is 0 Å². The highest BCUT2D eigenvalue weighted by atomic mass is 35.5. The van der Waals surface area contributed by atoms with Gasteiger partial charge >= 0.3 is 0 Å². The fourth-order valence-corrected chi connectivity index (χ4v) is 4.84. The van der Waals surface area contributed by atoms with Crippen molar-refractivity contribution in [1.29, 1.82) is 0 Å². The molecule has 2 aliphatic heterocycles. The molecule has 2 aromatic heterocycles. The number of fused-ring (bicyclic) bond motifs is 2. The van der Waals surface area contributed by atoms with E-state index in [0.717, 1.165) is 23.1 Å². The van der Waals surface area contributed by atoms with E-state index in [9.17, 15) is 0 Å². The van der Waals surface area contributed by atoms with E-state index in [1.807, 2.05) is 54.6 Å². The lowest BCUT2D eigenvalue weighted by Gasteiger charge is -2.15. The quantitative estimate of drug-likeness (QED) is 0.426. The van der Waals surface area contributed by atoms with E-state index in [4.69, 9.17) is 37.4 Å². The van der Waals surface area contributed by atoms with Gasteiger partial charge in [0.25, 0.3) is 6.01 Å². The Morgan fingerprint density at radius 2 is 1.75 bits per heavy atom. The highest BCUT2D eigenvalue weighted by Crippen LogP contribution is 2.34. The molecule has 0 unspecified atom stereocenters. The molecule has 0 amide bonds. The van der Waals surface area contributed by atoms with Gasteiger partial charge in [-0.25, -0.2) is 4.98 Å². The van der Waals surface area contributed by atoms with E-state index >= 15 is 0 Å². The minimum Gasteiger partial charge on any atom is -0.456 e. The number of imidazole rings is 1. The van der Waals surface area contributed by atoms with Crippen molar-refractivity contribution in [1.82, 2.24) is 15.0 Å². The maximum atomic E-state index is 6.56. The fraction of sp³-hybridized carbons (Fsp3) is 0.250. The summed E-state index contributed by atoms with van der Waals surface area (Å²) in [6, 6.07) is 18.0. The molecule has 3 atom stereocenters. The van der Waals surface area contributed by atoms with Gasteiger partial charge in [-0.05, 0) is 24.1 Å². The van der Waals surface area contributed by atoms with Gasteiger partial charge in [-0.3, -0.25) is 0 Å². The Labute approximate surface area is 194 Å². The van der Waals surface area contributed by atoms with Crippen molar-refractivity contribution in [3.63, 3.8) is 0 Å². The Morgan fingerprint density at radius 1 is 0.938 bits per heavy atom. The van der Waals surface area contributed by atoms with Crippen LogP contribution in [0.15, 0.2) is 54.6 Å². The number of halogens is 2. The van der Waals surface area contributed by atoms with Gasteiger partial charge in [0.05, 0.1) is 28.9 Å². The van der Waals surface area contributed by atoms with Gasteiger partial charge in [-0.1, -0.05) is 65.7 Å². The normalized spacial score (nSPS) is 22.4. The van der Waals surface area contributed by atoms with Crippen LogP contribution in [-0.4, -0.2) is 46.5 Å². The molecule has 0 radical (unpaired) electrons. The molecule has 4 heterocycles. The number of aromatic nitrogens is 3. The van der Waals surface area contributed by atoms with Gasteiger partial charge in [-0.2, -0.15) is 4.98 Å². The third-order valence-electron chi connectivity index (χ3n) is 5.93. The van der Waals surface area contributed by atoms with Gasteiger partial charge < -0.3 is 19.2 Å². The molecule has 0 bridgehead atoms. The summed E-state index contributed by atoms with van der Waals surface area (Å²) in [5.74, 6) is 0. The van der Waals surface area contributed by atoms with Crippen molar-refractivity contribution in [2.24, 2.45) is 0 Å². The van der Waals surface area contributed by atoms with Crippen molar-refractivity contribution in [2.75, 3.05) is 13.2 Å². The molecule has 0 saturated carbocycles. The molecule has 2 aromatic carbocycles. The highest BCUT2D eigenvalue weighted by Gasteiger charge is 2.43. The number of hydrogen-bond donors (Lipinski definition) is 1. The van der Waals surface area contributed by atoms with E-state index in [-0.39, 0.29) is 18.3 Å². The largest absolute Gasteiger partial charge is 0.456 e. The SMILES string of the molecule is Clc1ccccc1-c1ccc(-c2nc3nc(O[C@@H]4CO[C@@H]5CCO[C@@H]54)[nH]c3cc2Cl)cc1. The van der Waals surface area contributed by atoms with E-state index in [1.54, 1.807) is 0 Å². The summed E-state index contributed by atoms with van der Waals surface area (Å²) in [4.78, 5) is 12.4. The zero-order valence-electron chi connectivity index (χ0n) is 16.9. The Balaban J connectivity index is 1.28. The summed E-state index contributed by atoms with van der Waals surface area (Å²) in [6.07, 6.45) is 0.778. The third-order valence-corrected chi connectivity index (χ3v) is 6.55. The van der Waals surface area contributed by atoms with Crippen LogP contribution in [0.25, 0.3) is 33.5 Å². The second-order valence-electron chi connectivity index (χ2n) is 7.94. The highest BCUT2D eigenvalue weighted by molar-refractivity contribution is 6.34. The first kappa shape index (κ1) is 20.0. The number of rotatable bonds is 4. The minimum atomic E-state index is -0.185. The average molecular weight is 468 g/mol. The lowest BCUT2D eigenvalue weighted by Crippen LogP contribution is -2.32. The number of pyridine rings is 1. The molecule has 2 aliphatic rings. The van der Waals surface area contributed by atoms with E-state index in [0.29, 0.717) is 46.1 Å². The summed E-state index contributed by atoms with van der Waals surface area (Å²) < 4.78 is 17.5. The summed E-state index contributed by atoms with van der Waals surface area (Å²) >= 11 is 12.9. The van der Waals surface area contributed by atoms with Crippen LogP contribution in [0.3, 0.4) is 0 Å². The van der Waals surface area contributed by atoms with E-state index in [2.05, 4.69) is 15.0 Å². The maximum Gasteiger partial charge on any atom is 0.296 e.